The van der Waals surface area contributed by atoms with Gasteiger partial charge in [0.05, 0.1) is 31.0 Å². The summed E-state index contributed by atoms with van der Waals surface area (Å²) in [7, 11) is 0. The number of alkyl halides is 3. The predicted molar refractivity (Wildman–Crippen MR) is 122 cm³/mol. The van der Waals surface area contributed by atoms with Gasteiger partial charge < -0.3 is 24.8 Å². The van der Waals surface area contributed by atoms with Crippen LogP contribution in [-0.2, 0) is 35.3 Å². The van der Waals surface area contributed by atoms with Crippen LogP contribution in [0.4, 0.5) is 13.2 Å². The molecule has 1 amide bonds. The molecule has 188 valence electrons. The van der Waals surface area contributed by atoms with Crippen molar-refractivity contribution in [3.05, 3.63) is 86.8 Å². The Hall–Kier alpha value is -4.12. The van der Waals surface area contributed by atoms with Crippen LogP contribution in [0.1, 0.15) is 32.7 Å². The first-order chi connectivity index (χ1) is 17.1. The largest absolute Gasteiger partial charge is 0.507 e. The molecule has 0 bridgehead atoms. The number of halogens is 3. The Morgan fingerprint density at radius 1 is 1.03 bits per heavy atom. The van der Waals surface area contributed by atoms with E-state index in [0.29, 0.717) is 27.9 Å². The molecule has 36 heavy (non-hydrogen) atoms. The molecule has 2 heterocycles. The summed E-state index contributed by atoms with van der Waals surface area (Å²) < 4.78 is 45.2. The van der Waals surface area contributed by atoms with Gasteiger partial charge in [-0.15, -0.1) is 0 Å². The molecule has 0 fully saturated rings. The van der Waals surface area contributed by atoms with Crippen molar-refractivity contribution in [3.63, 3.8) is 0 Å². The number of aromatic hydroxyl groups is 1. The van der Waals surface area contributed by atoms with Crippen LogP contribution in [0.25, 0.3) is 11.1 Å². The zero-order valence-corrected chi connectivity index (χ0v) is 18.8. The minimum atomic E-state index is -4.42. The van der Waals surface area contributed by atoms with Crippen molar-refractivity contribution in [3.8, 4) is 16.9 Å². The lowest BCUT2D eigenvalue weighted by atomic mass is 10.0. The van der Waals surface area contributed by atoms with Crippen LogP contribution >= 0.6 is 0 Å². The Labute approximate surface area is 202 Å². The highest BCUT2D eigenvalue weighted by molar-refractivity contribution is 5.98. The fourth-order valence-electron chi connectivity index (χ4n) is 4.03. The smallest absolute Gasteiger partial charge is 0.416 e. The van der Waals surface area contributed by atoms with Crippen LogP contribution in [0.15, 0.2) is 53.3 Å². The molecule has 0 spiro atoms. The van der Waals surface area contributed by atoms with E-state index in [1.54, 1.807) is 24.3 Å². The Morgan fingerprint density at radius 3 is 2.22 bits per heavy atom. The lowest BCUT2D eigenvalue weighted by Crippen LogP contribution is -2.38. The van der Waals surface area contributed by atoms with E-state index in [9.17, 15) is 32.7 Å². The van der Waals surface area contributed by atoms with Crippen LogP contribution in [0, 0.1) is 0 Å². The van der Waals surface area contributed by atoms with Crippen molar-refractivity contribution >= 4 is 11.9 Å². The predicted octanol–water partition coefficient (Wildman–Crippen LogP) is 3.18. The van der Waals surface area contributed by atoms with E-state index in [1.165, 1.54) is 16.7 Å². The zero-order valence-electron chi connectivity index (χ0n) is 18.8. The maximum atomic E-state index is 13.2. The van der Waals surface area contributed by atoms with Gasteiger partial charge in [0.2, 0.25) is 0 Å². The third-order valence-electron chi connectivity index (χ3n) is 5.86. The molecule has 0 aliphatic carbocycles. The van der Waals surface area contributed by atoms with Crippen LogP contribution in [0.2, 0.25) is 0 Å². The van der Waals surface area contributed by atoms with Crippen LogP contribution in [0.5, 0.6) is 5.75 Å². The standard InChI is InChI=1S/C25H21F3N2O6/c26-25(27,28)17-7-5-16(6-8-17)15-3-1-14(2-4-15)12-30-19-13-36-10-9-18(19)22(33)21(24(30)35)23(34)29-11-20(31)32/h1-8,33H,9-13H2,(H,29,34)(H,31,32). The number of amides is 1. The highest BCUT2D eigenvalue weighted by Gasteiger charge is 2.30. The molecule has 8 nitrogen and oxygen atoms in total. The number of carbonyl (C=O) groups is 2. The molecule has 1 aromatic heterocycles. The summed E-state index contributed by atoms with van der Waals surface area (Å²) in [6.45, 7) is -0.379. The molecule has 11 heteroatoms. The van der Waals surface area contributed by atoms with Crippen LogP contribution in [-0.4, -0.2) is 39.8 Å². The summed E-state index contributed by atoms with van der Waals surface area (Å²) >= 11 is 0. The quantitative estimate of drug-likeness (QED) is 0.477. The van der Waals surface area contributed by atoms with Crippen molar-refractivity contribution < 1.29 is 37.7 Å². The molecular weight excluding hydrogens is 481 g/mol. The van der Waals surface area contributed by atoms with E-state index < -0.39 is 47.0 Å². The zero-order chi connectivity index (χ0) is 26.0. The molecule has 3 N–H and O–H groups in total. The molecule has 0 unspecified atom stereocenters. The first-order valence-corrected chi connectivity index (χ1v) is 10.9. The fraction of sp³-hybridized carbons (Fsp3) is 0.240. The fourth-order valence-corrected chi connectivity index (χ4v) is 4.03. The van der Waals surface area contributed by atoms with Gasteiger partial charge >= 0.3 is 12.1 Å². The summed E-state index contributed by atoms with van der Waals surface area (Å²) in [5.74, 6) is -2.79. The molecule has 0 radical (unpaired) electrons. The van der Waals surface area contributed by atoms with Crippen LogP contribution in [0.3, 0.4) is 0 Å². The topological polar surface area (TPSA) is 118 Å². The molecule has 0 atom stereocenters. The average Bonchev–Trinajstić information content (AvgIpc) is 2.85. The van der Waals surface area contributed by atoms with E-state index >= 15 is 0 Å². The second-order valence-corrected chi connectivity index (χ2v) is 8.19. The maximum Gasteiger partial charge on any atom is 0.416 e. The monoisotopic (exact) mass is 502 g/mol. The van der Waals surface area contributed by atoms with Crippen molar-refractivity contribution in [1.29, 1.82) is 0 Å². The number of fused-ring (bicyclic) bond motifs is 1. The van der Waals surface area contributed by atoms with Crippen molar-refractivity contribution in [1.82, 2.24) is 9.88 Å². The molecular formula is C25H21F3N2O6. The molecule has 0 saturated heterocycles. The number of nitrogens with one attached hydrogen (secondary N) is 1. The molecule has 4 rings (SSSR count). The van der Waals surface area contributed by atoms with Crippen molar-refractivity contribution in [2.24, 2.45) is 0 Å². The summed E-state index contributed by atoms with van der Waals surface area (Å²) in [5.41, 5.74) is 0.606. The SMILES string of the molecule is O=C(O)CNC(=O)c1c(O)c2c(n(Cc3ccc(-c4ccc(C(F)(F)F)cc4)cc3)c1=O)COCC2. The highest BCUT2D eigenvalue weighted by atomic mass is 19.4. The number of ether oxygens (including phenoxy) is 1. The summed E-state index contributed by atoms with van der Waals surface area (Å²) in [6, 6.07) is 11.6. The number of nitrogens with zero attached hydrogens (tertiary/aromatic N) is 1. The van der Waals surface area contributed by atoms with Crippen molar-refractivity contribution in [2.75, 3.05) is 13.2 Å². The number of carboxylic acid groups (broad SMARTS) is 1. The molecule has 1 aliphatic rings. The van der Waals surface area contributed by atoms with Crippen molar-refractivity contribution in [2.45, 2.75) is 25.7 Å². The van der Waals surface area contributed by atoms with Gasteiger partial charge in [0.15, 0.2) is 0 Å². The second kappa shape index (κ2) is 9.86. The van der Waals surface area contributed by atoms with Gasteiger partial charge in [0.25, 0.3) is 11.5 Å². The van der Waals surface area contributed by atoms with E-state index in [4.69, 9.17) is 9.84 Å². The summed E-state index contributed by atoms with van der Waals surface area (Å²) in [5, 5.41) is 21.5. The third kappa shape index (κ3) is 5.10. The van der Waals surface area contributed by atoms with E-state index in [0.717, 1.165) is 12.1 Å². The van der Waals surface area contributed by atoms with Gasteiger partial charge in [-0.05, 0) is 28.8 Å². The van der Waals surface area contributed by atoms with Gasteiger partial charge in [-0.2, -0.15) is 13.2 Å². The number of aliphatic carboxylic acids is 1. The second-order valence-electron chi connectivity index (χ2n) is 8.19. The number of hydrogen-bond acceptors (Lipinski definition) is 5. The first kappa shape index (κ1) is 25.0. The van der Waals surface area contributed by atoms with Gasteiger partial charge in [0.1, 0.15) is 17.9 Å². The van der Waals surface area contributed by atoms with Gasteiger partial charge in [-0.25, -0.2) is 0 Å². The number of pyridine rings is 1. The van der Waals surface area contributed by atoms with Gasteiger partial charge in [-0.3, -0.25) is 14.4 Å². The summed E-state index contributed by atoms with van der Waals surface area (Å²) in [4.78, 5) is 36.5. The third-order valence-corrected chi connectivity index (χ3v) is 5.86. The Morgan fingerprint density at radius 2 is 1.64 bits per heavy atom. The normalized spacial score (nSPS) is 13.2. The first-order valence-electron chi connectivity index (χ1n) is 10.9. The Balaban J connectivity index is 1.66. The molecule has 1 aliphatic heterocycles. The van der Waals surface area contributed by atoms with Crippen LogP contribution < -0.4 is 10.9 Å². The van der Waals surface area contributed by atoms with E-state index in [-0.39, 0.29) is 26.2 Å². The molecule has 0 saturated carbocycles. The number of hydrogen-bond donors (Lipinski definition) is 3. The minimum Gasteiger partial charge on any atom is -0.507 e. The van der Waals surface area contributed by atoms with Gasteiger partial charge in [-0.1, -0.05) is 36.4 Å². The van der Waals surface area contributed by atoms with E-state index in [1.807, 2.05) is 0 Å². The number of carboxylic acids is 1. The molecule has 2 aromatic carbocycles. The lowest BCUT2D eigenvalue weighted by molar-refractivity contribution is -0.137. The van der Waals surface area contributed by atoms with Gasteiger partial charge in [0, 0.05) is 12.0 Å². The number of rotatable bonds is 6. The average molecular weight is 502 g/mol. The number of benzene rings is 2. The highest BCUT2D eigenvalue weighted by Crippen LogP contribution is 2.31. The Bertz CT molecular complexity index is 1360. The Kier molecular flexibility index (Phi) is 6.84. The minimum absolute atomic E-state index is 0.0251. The van der Waals surface area contributed by atoms with E-state index in [2.05, 4.69) is 5.32 Å². The lowest BCUT2D eigenvalue weighted by Gasteiger charge is -2.24. The summed E-state index contributed by atoms with van der Waals surface area (Å²) in [6.07, 6.45) is -4.17. The maximum absolute atomic E-state index is 13.2. The number of carbonyl (C=O) groups excluding carboxylic acids is 1. The number of aromatic nitrogens is 1. The molecule has 3 aromatic rings.